The van der Waals surface area contributed by atoms with Crippen molar-refractivity contribution in [1.82, 2.24) is 15.6 Å². The summed E-state index contributed by atoms with van der Waals surface area (Å²) in [6, 6.07) is 3.21. The normalized spacial score (nSPS) is 20.6. The molecule has 2 amide bonds. The van der Waals surface area contributed by atoms with Crippen LogP contribution in [0.25, 0.3) is 0 Å². The topological polar surface area (TPSA) is 139 Å². The van der Waals surface area contributed by atoms with Crippen LogP contribution in [0.15, 0.2) is 12.1 Å². The Hall–Kier alpha value is -2.88. The zero-order valence-electron chi connectivity index (χ0n) is 20.0. The van der Waals surface area contributed by atoms with E-state index in [1.165, 1.54) is 12.5 Å². The second-order valence-corrected chi connectivity index (χ2v) is 9.19. The molecule has 1 fully saturated rings. The number of ether oxygens (including phenoxy) is 2. The molecular weight excluding hydrogens is 440 g/mol. The van der Waals surface area contributed by atoms with Gasteiger partial charge >= 0.3 is 12.1 Å². The second-order valence-electron chi connectivity index (χ2n) is 9.19. The van der Waals surface area contributed by atoms with Crippen LogP contribution in [0.4, 0.5) is 10.6 Å². The van der Waals surface area contributed by atoms with Crippen LogP contribution >= 0.6 is 0 Å². The number of anilines is 1. The fraction of sp³-hybridized carbons (Fsp3) is 0.667. The Morgan fingerprint density at radius 1 is 1.29 bits per heavy atom. The van der Waals surface area contributed by atoms with Gasteiger partial charge in [-0.1, -0.05) is 6.07 Å². The molecule has 10 heteroatoms. The highest BCUT2D eigenvalue weighted by molar-refractivity contribution is 5.80. The lowest BCUT2D eigenvalue weighted by atomic mass is 9.79. The highest BCUT2D eigenvalue weighted by Crippen LogP contribution is 2.34. The SMILES string of the molecule is CC(=O)NCC(C)OC(=O)NC(CCOC1CC(CCc2ccc3c(n2)NCCC3)C1)C(=O)O. The first-order valence-electron chi connectivity index (χ1n) is 12.1. The number of aromatic nitrogens is 1. The molecule has 0 saturated heterocycles. The maximum atomic E-state index is 11.9. The third-order valence-corrected chi connectivity index (χ3v) is 6.25. The van der Waals surface area contributed by atoms with Crippen molar-refractivity contribution in [1.29, 1.82) is 0 Å². The number of fused-ring (bicyclic) bond motifs is 1. The predicted octanol–water partition coefficient (Wildman–Crippen LogP) is 2.26. The molecule has 3 rings (SSSR count). The molecule has 4 N–H and O–H groups in total. The van der Waals surface area contributed by atoms with E-state index in [2.05, 4.69) is 28.1 Å². The summed E-state index contributed by atoms with van der Waals surface area (Å²) in [5, 5.41) is 17.6. The summed E-state index contributed by atoms with van der Waals surface area (Å²) >= 11 is 0. The van der Waals surface area contributed by atoms with Gasteiger partial charge in [0, 0.05) is 32.2 Å². The quantitative estimate of drug-likeness (QED) is 0.360. The van der Waals surface area contributed by atoms with Gasteiger partial charge in [-0.05, 0) is 63.0 Å². The Morgan fingerprint density at radius 2 is 2.09 bits per heavy atom. The monoisotopic (exact) mass is 476 g/mol. The molecule has 0 aromatic carbocycles. The van der Waals surface area contributed by atoms with Crippen molar-refractivity contribution in [3.05, 3.63) is 23.4 Å². The number of carbonyl (C=O) groups is 3. The number of amides is 2. The fourth-order valence-electron chi connectivity index (χ4n) is 4.20. The van der Waals surface area contributed by atoms with Gasteiger partial charge in [0.05, 0.1) is 12.6 Å². The number of aryl methyl sites for hydroxylation is 2. The van der Waals surface area contributed by atoms with E-state index in [0.717, 1.165) is 56.6 Å². The molecule has 1 saturated carbocycles. The van der Waals surface area contributed by atoms with Crippen molar-refractivity contribution in [3.63, 3.8) is 0 Å². The third kappa shape index (κ3) is 8.16. The summed E-state index contributed by atoms with van der Waals surface area (Å²) in [5.74, 6) is 0.242. The smallest absolute Gasteiger partial charge is 0.408 e. The number of nitrogens with zero attached hydrogens (tertiary/aromatic N) is 1. The molecule has 0 radical (unpaired) electrons. The summed E-state index contributed by atoms with van der Waals surface area (Å²) in [5.41, 5.74) is 2.42. The van der Waals surface area contributed by atoms with Gasteiger partial charge in [0.15, 0.2) is 0 Å². The zero-order valence-corrected chi connectivity index (χ0v) is 20.0. The van der Waals surface area contributed by atoms with E-state index in [0.29, 0.717) is 5.92 Å². The van der Waals surface area contributed by atoms with Crippen LogP contribution in [0.5, 0.6) is 0 Å². The molecule has 1 aromatic heterocycles. The number of hydrogen-bond acceptors (Lipinski definition) is 7. The van der Waals surface area contributed by atoms with Crippen LogP contribution in [0, 0.1) is 5.92 Å². The Labute approximate surface area is 200 Å². The lowest BCUT2D eigenvalue weighted by molar-refractivity contribution is -0.140. The standard InChI is InChI=1S/C24H36N4O6/c1-15(14-26-16(2)29)34-24(32)28-21(23(30)31)9-11-33-20-12-17(13-20)5-7-19-8-6-18-4-3-10-25-22(18)27-19/h6,8,15,17,20-21H,3-5,7,9-14H2,1-2H3,(H,25,27)(H,26,29)(H,28,32)(H,30,31). The number of alkyl carbamates (subject to hydrolysis) is 1. The van der Waals surface area contributed by atoms with E-state index in [1.54, 1.807) is 6.92 Å². The van der Waals surface area contributed by atoms with Gasteiger partial charge in [-0.25, -0.2) is 14.6 Å². The maximum Gasteiger partial charge on any atom is 0.408 e. The summed E-state index contributed by atoms with van der Waals surface area (Å²) in [6.45, 7) is 4.36. The van der Waals surface area contributed by atoms with Gasteiger partial charge < -0.3 is 30.5 Å². The molecule has 188 valence electrons. The second kappa shape index (κ2) is 12.5. The van der Waals surface area contributed by atoms with E-state index in [1.807, 2.05) is 0 Å². The molecule has 2 heterocycles. The highest BCUT2D eigenvalue weighted by Gasteiger charge is 2.30. The number of aliphatic carboxylic acids is 1. The van der Waals surface area contributed by atoms with Crippen molar-refractivity contribution < 1.29 is 29.0 Å². The first kappa shape index (κ1) is 25.7. The molecule has 10 nitrogen and oxygen atoms in total. The number of carboxylic acids is 1. The van der Waals surface area contributed by atoms with E-state index >= 15 is 0 Å². The number of carbonyl (C=O) groups excluding carboxylic acids is 2. The molecule has 2 unspecified atom stereocenters. The zero-order chi connectivity index (χ0) is 24.5. The number of carboxylic acid groups (broad SMARTS) is 1. The van der Waals surface area contributed by atoms with Gasteiger partial charge in [-0.15, -0.1) is 0 Å². The van der Waals surface area contributed by atoms with E-state index in [9.17, 15) is 19.5 Å². The number of hydrogen-bond donors (Lipinski definition) is 4. The minimum atomic E-state index is -1.14. The number of nitrogens with one attached hydrogen (secondary N) is 3. The molecule has 1 aromatic rings. The lowest BCUT2D eigenvalue weighted by Crippen LogP contribution is -2.44. The van der Waals surface area contributed by atoms with Crippen LogP contribution in [0.3, 0.4) is 0 Å². The van der Waals surface area contributed by atoms with E-state index < -0.39 is 24.2 Å². The van der Waals surface area contributed by atoms with Crippen molar-refractivity contribution in [2.24, 2.45) is 5.92 Å². The third-order valence-electron chi connectivity index (χ3n) is 6.25. The minimum absolute atomic E-state index is 0.127. The molecule has 1 aliphatic heterocycles. The Balaban J connectivity index is 1.29. The summed E-state index contributed by atoms with van der Waals surface area (Å²) in [6.07, 6.45) is 5.04. The van der Waals surface area contributed by atoms with Gasteiger partial charge in [-0.2, -0.15) is 0 Å². The minimum Gasteiger partial charge on any atom is -0.480 e. The lowest BCUT2D eigenvalue weighted by Gasteiger charge is -2.35. The molecule has 1 aliphatic carbocycles. The molecule has 34 heavy (non-hydrogen) atoms. The number of pyridine rings is 1. The van der Waals surface area contributed by atoms with E-state index in [4.69, 9.17) is 14.5 Å². The van der Waals surface area contributed by atoms with Crippen molar-refractivity contribution >= 4 is 23.8 Å². The molecule has 2 aliphatic rings. The Kier molecular flexibility index (Phi) is 9.50. The average Bonchev–Trinajstić information content (AvgIpc) is 2.77. The Bertz CT molecular complexity index is 858. The largest absolute Gasteiger partial charge is 0.480 e. The van der Waals surface area contributed by atoms with Gasteiger partial charge in [0.25, 0.3) is 0 Å². The average molecular weight is 477 g/mol. The van der Waals surface area contributed by atoms with Gasteiger partial charge in [0.1, 0.15) is 18.0 Å². The number of rotatable bonds is 12. The maximum absolute atomic E-state index is 11.9. The highest BCUT2D eigenvalue weighted by atomic mass is 16.6. The molecule has 2 atom stereocenters. The first-order chi connectivity index (χ1) is 16.3. The molecule has 0 bridgehead atoms. The van der Waals surface area contributed by atoms with Crippen LogP contribution < -0.4 is 16.0 Å². The Morgan fingerprint density at radius 3 is 2.82 bits per heavy atom. The van der Waals surface area contributed by atoms with Crippen LogP contribution in [-0.4, -0.2) is 66.0 Å². The van der Waals surface area contributed by atoms with Crippen LogP contribution in [0.2, 0.25) is 0 Å². The van der Waals surface area contributed by atoms with Crippen molar-refractivity contribution in [2.45, 2.75) is 77.0 Å². The molecule has 0 spiro atoms. The summed E-state index contributed by atoms with van der Waals surface area (Å²) < 4.78 is 10.9. The van der Waals surface area contributed by atoms with Crippen molar-refractivity contribution in [3.8, 4) is 0 Å². The fourth-order valence-corrected chi connectivity index (χ4v) is 4.20. The van der Waals surface area contributed by atoms with Crippen molar-refractivity contribution in [2.75, 3.05) is 25.0 Å². The molecular formula is C24H36N4O6. The van der Waals surface area contributed by atoms with Crippen LogP contribution in [0.1, 0.15) is 57.2 Å². The predicted molar refractivity (Wildman–Crippen MR) is 126 cm³/mol. The summed E-state index contributed by atoms with van der Waals surface area (Å²) in [7, 11) is 0. The van der Waals surface area contributed by atoms with E-state index in [-0.39, 0.29) is 31.6 Å². The van der Waals surface area contributed by atoms with Gasteiger partial charge in [0.2, 0.25) is 5.91 Å². The summed E-state index contributed by atoms with van der Waals surface area (Å²) in [4.78, 5) is 39.0. The van der Waals surface area contributed by atoms with Gasteiger partial charge in [-0.3, -0.25) is 4.79 Å². The van der Waals surface area contributed by atoms with Crippen LogP contribution in [-0.2, 0) is 31.9 Å². The first-order valence-corrected chi connectivity index (χ1v) is 12.1.